The Labute approximate surface area is 165 Å². The van der Waals surface area contributed by atoms with E-state index in [-0.39, 0.29) is 0 Å². The Morgan fingerprint density at radius 2 is 1.93 bits per heavy atom. The van der Waals surface area contributed by atoms with Crippen LogP contribution in [0.15, 0.2) is 71.5 Å². The molecule has 0 saturated carbocycles. The lowest BCUT2D eigenvalue weighted by Crippen LogP contribution is -1.95. The van der Waals surface area contributed by atoms with E-state index in [0.29, 0.717) is 0 Å². The van der Waals surface area contributed by atoms with Crippen LogP contribution in [0.5, 0.6) is 5.75 Å². The Hall–Kier alpha value is -2.84. The van der Waals surface area contributed by atoms with Crippen LogP contribution in [0.1, 0.15) is 5.69 Å². The van der Waals surface area contributed by atoms with Crippen molar-refractivity contribution in [2.24, 2.45) is 0 Å². The van der Waals surface area contributed by atoms with Crippen LogP contribution < -0.4 is 10.1 Å². The standard InChI is InChI=1S/C19H17N5OS2/c1-25-17-9-7-14(8-10-17)21-18-22-15(11-26-18)12-27-19-23-20-13-24(19)16-5-3-2-4-6-16/h2-11,13H,12H2,1H3,(H,21,22). The number of thioether (sulfide) groups is 1. The first-order valence-corrected chi connectivity index (χ1v) is 10.1. The minimum atomic E-state index is 0.728. The highest BCUT2D eigenvalue weighted by molar-refractivity contribution is 7.98. The zero-order valence-corrected chi connectivity index (χ0v) is 16.2. The fourth-order valence-corrected chi connectivity index (χ4v) is 4.11. The van der Waals surface area contributed by atoms with Crippen LogP contribution in [0.25, 0.3) is 5.69 Å². The molecule has 0 amide bonds. The van der Waals surface area contributed by atoms with Gasteiger partial charge >= 0.3 is 0 Å². The number of para-hydroxylation sites is 1. The van der Waals surface area contributed by atoms with E-state index in [1.165, 1.54) is 0 Å². The second-order valence-corrected chi connectivity index (χ2v) is 7.41. The topological polar surface area (TPSA) is 64.9 Å². The van der Waals surface area contributed by atoms with E-state index in [2.05, 4.69) is 25.9 Å². The summed E-state index contributed by atoms with van der Waals surface area (Å²) in [7, 11) is 1.66. The summed E-state index contributed by atoms with van der Waals surface area (Å²) >= 11 is 3.20. The van der Waals surface area contributed by atoms with Crippen molar-refractivity contribution in [3.63, 3.8) is 0 Å². The molecule has 0 saturated heterocycles. The molecular weight excluding hydrogens is 378 g/mol. The van der Waals surface area contributed by atoms with Crippen molar-refractivity contribution in [1.82, 2.24) is 19.7 Å². The number of hydrogen-bond donors (Lipinski definition) is 1. The van der Waals surface area contributed by atoms with E-state index < -0.39 is 0 Å². The molecule has 0 unspecified atom stereocenters. The van der Waals surface area contributed by atoms with Gasteiger partial charge in [0.15, 0.2) is 10.3 Å². The number of hydrogen-bond acceptors (Lipinski definition) is 7. The van der Waals surface area contributed by atoms with Crippen molar-refractivity contribution in [1.29, 1.82) is 0 Å². The van der Waals surface area contributed by atoms with Crippen molar-refractivity contribution >= 4 is 33.9 Å². The number of ether oxygens (including phenoxy) is 1. The molecule has 2 heterocycles. The minimum Gasteiger partial charge on any atom is -0.497 e. The Morgan fingerprint density at radius 3 is 2.70 bits per heavy atom. The number of methoxy groups -OCH3 is 1. The lowest BCUT2D eigenvalue weighted by atomic mass is 10.3. The summed E-state index contributed by atoms with van der Waals surface area (Å²) in [5, 5.41) is 15.3. The van der Waals surface area contributed by atoms with Gasteiger partial charge in [0.25, 0.3) is 0 Å². The molecule has 0 atom stereocenters. The first kappa shape index (κ1) is 17.6. The van der Waals surface area contributed by atoms with Gasteiger partial charge in [0.1, 0.15) is 12.1 Å². The first-order chi connectivity index (χ1) is 13.3. The van der Waals surface area contributed by atoms with Crippen LogP contribution in [-0.4, -0.2) is 26.9 Å². The smallest absolute Gasteiger partial charge is 0.195 e. The molecule has 0 aliphatic rings. The molecular formula is C19H17N5OS2. The van der Waals surface area contributed by atoms with Crippen LogP contribution in [-0.2, 0) is 5.75 Å². The normalized spacial score (nSPS) is 10.7. The van der Waals surface area contributed by atoms with E-state index >= 15 is 0 Å². The number of rotatable bonds is 7. The van der Waals surface area contributed by atoms with Gasteiger partial charge in [-0.1, -0.05) is 30.0 Å². The molecule has 0 aliphatic carbocycles. The molecule has 2 aromatic carbocycles. The van der Waals surface area contributed by atoms with Gasteiger partial charge in [-0.3, -0.25) is 4.57 Å². The maximum Gasteiger partial charge on any atom is 0.195 e. The van der Waals surface area contributed by atoms with Crippen LogP contribution in [0.3, 0.4) is 0 Å². The third-order valence-corrected chi connectivity index (χ3v) is 5.58. The highest BCUT2D eigenvalue weighted by Gasteiger charge is 2.09. The third kappa shape index (κ3) is 4.29. The second kappa shape index (κ2) is 8.24. The molecule has 27 heavy (non-hydrogen) atoms. The highest BCUT2D eigenvalue weighted by atomic mass is 32.2. The lowest BCUT2D eigenvalue weighted by molar-refractivity contribution is 0.415. The van der Waals surface area contributed by atoms with Gasteiger partial charge in [-0.25, -0.2) is 4.98 Å². The number of anilines is 2. The van der Waals surface area contributed by atoms with Crippen LogP contribution in [0.2, 0.25) is 0 Å². The number of nitrogens with zero attached hydrogens (tertiary/aromatic N) is 4. The maximum absolute atomic E-state index is 5.18. The van der Waals surface area contributed by atoms with Crippen molar-refractivity contribution in [3.05, 3.63) is 72.0 Å². The number of benzene rings is 2. The molecule has 0 aliphatic heterocycles. The third-order valence-electron chi connectivity index (χ3n) is 3.79. The molecule has 4 rings (SSSR count). The Kier molecular flexibility index (Phi) is 5.36. The van der Waals surface area contributed by atoms with Crippen LogP contribution in [0.4, 0.5) is 10.8 Å². The largest absolute Gasteiger partial charge is 0.497 e. The van der Waals surface area contributed by atoms with E-state index in [1.54, 1.807) is 36.5 Å². The van der Waals surface area contributed by atoms with Crippen molar-refractivity contribution in [2.45, 2.75) is 10.9 Å². The molecule has 8 heteroatoms. The molecule has 136 valence electrons. The summed E-state index contributed by atoms with van der Waals surface area (Å²) in [5.74, 6) is 1.56. The van der Waals surface area contributed by atoms with Gasteiger partial charge in [-0.05, 0) is 36.4 Å². The van der Waals surface area contributed by atoms with Gasteiger partial charge in [0.05, 0.1) is 12.8 Å². The molecule has 4 aromatic rings. The van der Waals surface area contributed by atoms with Crippen molar-refractivity contribution < 1.29 is 4.74 Å². The summed E-state index contributed by atoms with van der Waals surface area (Å²) in [6, 6.07) is 17.8. The van der Waals surface area contributed by atoms with Gasteiger partial charge in [0, 0.05) is 22.5 Å². The molecule has 0 radical (unpaired) electrons. The van der Waals surface area contributed by atoms with Gasteiger partial charge < -0.3 is 10.1 Å². The zero-order valence-electron chi connectivity index (χ0n) is 14.6. The predicted octanol–water partition coefficient (Wildman–Crippen LogP) is 4.77. The minimum absolute atomic E-state index is 0.728. The second-order valence-electron chi connectivity index (χ2n) is 5.61. The molecule has 0 fully saturated rings. The highest BCUT2D eigenvalue weighted by Crippen LogP contribution is 2.27. The van der Waals surface area contributed by atoms with Gasteiger partial charge in [-0.15, -0.1) is 21.5 Å². The SMILES string of the molecule is COc1ccc(Nc2nc(CSc3nncn3-c3ccccc3)cs2)cc1. The van der Waals surface area contributed by atoms with Gasteiger partial charge in [0.2, 0.25) is 0 Å². The summed E-state index contributed by atoms with van der Waals surface area (Å²) in [4.78, 5) is 4.65. The monoisotopic (exact) mass is 395 g/mol. The Bertz CT molecular complexity index is 998. The molecule has 2 aromatic heterocycles. The lowest BCUT2D eigenvalue weighted by Gasteiger charge is -2.05. The molecule has 1 N–H and O–H groups in total. The first-order valence-electron chi connectivity index (χ1n) is 8.25. The Balaban J connectivity index is 1.40. The molecule has 6 nitrogen and oxygen atoms in total. The quantitative estimate of drug-likeness (QED) is 0.455. The fourth-order valence-electron chi connectivity index (χ4n) is 2.46. The average molecular weight is 396 g/mol. The number of aromatic nitrogens is 4. The predicted molar refractivity (Wildman–Crippen MR) is 109 cm³/mol. The molecule has 0 spiro atoms. The van der Waals surface area contributed by atoms with E-state index in [0.717, 1.165) is 38.9 Å². The van der Waals surface area contributed by atoms with Gasteiger partial charge in [-0.2, -0.15) is 0 Å². The van der Waals surface area contributed by atoms with E-state index in [9.17, 15) is 0 Å². The molecule has 0 bridgehead atoms. The summed E-state index contributed by atoms with van der Waals surface area (Å²) < 4.78 is 7.16. The van der Waals surface area contributed by atoms with Crippen molar-refractivity contribution in [2.75, 3.05) is 12.4 Å². The number of thiazole rings is 1. The summed E-state index contributed by atoms with van der Waals surface area (Å²) in [5.41, 5.74) is 3.03. The maximum atomic E-state index is 5.18. The Morgan fingerprint density at radius 1 is 1.11 bits per heavy atom. The zero-order chi connectivity index (χ0) is 18.5. The average Bonchev–Trinajstić information content (AvgIpc) is 3.37. The number of nitrogens with one attached hydrogen (secondary N) is 1. The van der Waals surface area contributed by atoms with Crippen molar-refractivity contribution in [3.8, 4) is 11.4 Å². The summed E-state index contributed by atoms with van der Waals surface area (Å²) in [6.45, 7) is 0. The van der Waals surface area contributed by atoms with Crippen LogP contribution >= 0.6 is 23.1 Å². The fraction of sp³-hybridized carbons (Fsp3) is 0.105. The van der Waals surface area contributed by atoms with Crippen LogP contribution in [0, 0.1) is 0 Å². The van der Waals surface area contributed by atoms with E-state index in [1.807, 2.05) is 59.2 Å². The van der Waals surface area contributed by atoms with E-state index in [4.69, 9.17) is 4.74 Å². The summed E-state index contributed by atoms with van der Waals surface area (Å²) in [6.07, 6.45) is 1.73.